The van der Waals surface area contributed by atoms with Gasteiger partial charge in [0, 0.05) is 9.99 Å². The Morgan fingerprint density at radius 1 is 1.25 bits per heavy atom. The van der Waals surface area contributed by atoms with Crippen molar-refractivity contribution in [2.45, 2.75) is 12.8 Å². The highest BCUT2D eigenvalue weighted by Crippen LogP contribution is 2.29. The molecule has 0 aliphatic carbocycles. The zero-order valence-electron chi connectivity index (χ0n) is 8.40. The molecule has 0 aliphatic heterocycles. The van der Waals surface area contributed by atoms with Crippen molar-refractivity contribution in [2.24, 2.45) is 5.73 Å². The van der Waals surface area contributed by atoms with Crippen LogP contribution in [0.25, 0.3) is 0 Å². The van der Waals surface area contributed by atoms with Crippen LogP contribution in [0, 0.1) is 16.1 Å². The number of nitrogens with one attached hydrogen (secondary N) is 1. The van der Waals surface area contributed by atoms with Crippen LogP contribution >= 0.6 is 67.8 Å². The molecule has 1 rings (SSSR count). The molecule has 0 heterocycles. The number of halogens is 3. The first kappa shape index (κ1) is 14.7. The summed E-state index contributed by atoms with van der Waals surface area (Å²) in [6.07, 6.45) is 1.38. The van der Waals surface area contributed by atoms with Gasteiger partial charge in [-0.3, -0.25) is 5.41 Å². The second kappa shape index (κ2) is 7.19. The molecule has 0 aromatic heterocycles. The van der Waals surface area contributed by atoms with E-state index >= 15 is 0 Å². The molecule has 1 aromatic rings. The second-order valence-electron chi connectivity index (χ2n) is 3.18. The van der Waals surface area contributed by atoms with Gasteiger partial charge < -0.3 is 10.5 Å². The Morgan fingerprint density at radius 3 is 2.31 bits per heavy atom. The summed E-state index contributed by atoms with van der Waals surface area (Å²) in [7, 11) is 0. The highest BCUT2D eigenvalue weighted by molar-refractivity contribution is 14.1. The molecule has 88 valence electrons. The quantitative estimate of drug-likeness (QED) is 0.253. The maximum Gasteiger partial charge on any atom is 0.145 e. The highest BCUT2D eigenvalue weighted by atomic mass is 127. The lowest BCUT2D eigenvalue weighted by atomic mass is 10.3. The first-order chi connectivity index (χ1) is 7.50. The van der Waals surface area contributed by atoms with E-state index in [1.165, 1.54) is 3.57 Å². The van der Waals surface area contributed by atoms with Crippen LogP contribution in [0.5, 0.6) is 5.75 Å². The summed E-state index contributed by atoms with van der Waals surface area (Å²) in [5.74, 6) is 1.15. The van der Waals surface area contributed by atoms with E-state index in [1.54, 1.807) is 0 Å². The summed E-state index contributed by atoms with van der Waals surface area (Å²) < 4.78 is 9.16. The van der Waals surface area contributed by atoms with Crippen LogP contribution in [0.4, 0.5) is 0 Å². The summed E-state index contributed by atoms with van der Waals surface area (Å²) in [5.41, 5.74) is 5.28. The third-order valence-electron chi connectivity index (χ3n) is 1.80. The average Bonchev–Trinajstić information content (AvgIpc) is 2.14. The zero-order chi connectivity index (χ0) is 12.1. The molecule has 1 aromatic carbocycles. The lowest BCUT2D eigenvalue weighted by Gasteiger charge is -2.10. The minimum Gasteiger partial charge on any atom is -0.491 e. The van der Waals surface area contributed by atoms with Crippen LogP contribution in [0.15, 0.2) is 12.1 Å². The van der Waals surface area contributed by atoms with Gasteiger partial charge in [-0.1, -0.05) is 0 Å². The van der Waals surface area contributed by atoms with Crippen LogP contribution in [0.3, 0.4) is 0 Å². The number of hydrogen-bond acceptors (Lipinski definition) is 2. The van der Waals surface area contributed by atoms with Gasteiger partial charge in [0.1, 0.15) is 5.75 Å². The number of amidine groups is 1. The van der Waals surface area contributed by atoms with Crippen molar-refractivity contribution in [3.63, 3.8) is 0 Å². The summed E-state index contributed by atoms with van der Waals surface area (Å²) in [6, 6.07) is 4.17. The van der Waals surface area contributed by atoms with Crippen LogP contribution < -0.4 is 10.5 Å². The Balaban J connectivity index is 2.57. The normalized spacial score (nSPS) is 10.2. The van der Waals surface area contributed by atoms with Crippen molar-refractivity contribution in [1.82, 2.24) is 0 Å². The van der Waals surface area contributed by atoms with Gasteiger partial charge in [0.15, 0.2) is 0 Å². The van der Waals surface area contributed by atoms with E-state index in [4.69, 9.17) is 15.9 Å². The largest absolute Gasteiger partial charge is 0.491 e. The Hall–Kier alpha value is 0.680. The molecule has 0 amide bonds. The van der Waals surface area contributed by atoms with Crippen LogP contribution in [-0.4, -0.2) is 12.4 Å². The molecule has 0 aliphatic rings. The van der Waals surface area contributed by atoms with Gasteiger partial charge in [0.25, 0.3) is 0 Å². The van der Waals surface area contributed by atoms with Gasteiger partial charge >= 0.3 is 0 Å². The molecule has 3 N–H and O–H groups in total. The molecule has 0 fully saturated rings. The maximum atomic E-state index is 7.11. The molecule has 0 radical (unpaired) electrons. The summed E-state index contributed by atoms with van der Waals surface area (Å²) in [6.45, 7) is 0.603. The molecular formula is C10H11I3N2O. The molecule has 0 unspecified atom stereocenters. The lowest BCUT2D eigenvalue weighted by molar-refractivity contribution is 0.309. The van der Waals surface area contributed by atoms with E-state index in [0.29, 0.717) is 13.0 Å². The zero-order valence-corrected chi connectivity index (χ0v) is 14.9. The van der Waals surface area contributed by atoms with E-state index in [1.807, 2.05) is 0 Å². The topological polar surface area (TPSA) is 59.1 Å². The Bertz CT molecular complexity index is 373. The third kappa shape index (κ3) is 4.90. The molecule has 6 heteroatoms. The van der Waals surface area contributed by atoms with Crippen molar-refractivity contribution in [2.75, 3.05) is 6.61 Å². The molecule has 0 saturated heterocycles. The summed E-state index contributed by atoms with van der Waals surface area (Å²) in [5, 5.41) is 7.11. The van der Waals surface area contributed by atoms with Gasteiger partial charge in [-0.25, -0.2) is 0 Å². The number of ether oxygens (including phenoxy) is 1. The fraction of sp³-hybridized carbons (Fsp3) is 0.300. The average molecular weight is 556 g/mol. The van der Waals surface area contributed by atoms with Crippen molar-refractivity contribution < 1.29 is 4.74 Å². The predicted molar refractivity (Wildman–Crippen MR) is 91.2 cm³/mol. The number of rotatable bonds is 5. The van der Waals surface area contributed by atoms with Gasteiger partial charge in [0.2, 0.25) is 0 Å². The first-order valence-electron chi connectivity index (χ1n) is 4.61. The van der Waals surface area contributed by atoms with Crippen LogP contribution in [-0.2, 0) is 0 Å². The minimum atomic E-state index is 0.218. The van der Waals surface area contributed by atoms with Crippen molar-refractivity contribution >= 4 is 73.6 Å². The highest BCUT2D eigenvalue weighted by Gasteiger charge is 2.07. The standard InChI is InChI=1S/C10H11I3N2O/c11-6-4-7(12)10(8(13)5-6)16-3-1-2-9(14)15/h4-5H,1-3H2,(H3,14,15). The smallest absolute Gasteiger partial charge is 0.145 e. The van der Waals surface area contributed by atoms with Gasteiger partial charge in [-0.15, -0.1) is 0 Å². The second-order valence-corrected chi connectivity index (χ2v) is 6.75. The fourth-order valence-electron chi connectivity index (χ4n) is 1.10. The predicted octanol–water partition coefficient (Wildman–Crippen LogP) is 3.60. The number of nitrogens with two attached hydrogens (primary N) is 1. The minimum absolute atomic E-state index is 0.218. The van der Waals surface area contributed by atoms with Crippen LogP contribution in [0.1, 0.15) is 12.8 Å². The van der Waals surface area contributed by atoms with E-state index < -0.39 is 0 Å². The molecule has 16 heavy (non-hydrogen) atoms. The lowest BCUT2D eigenvalue weighted by Crippen LogP contribution is -2.11. The molecular weight excluding hydrogens is 545 g/mol. The number of benzene rings is 1. The summed E-state index contributed by atoms with van der Waals surface area (Å²) >= 11 is 6.84. The summed E-state index contributed by atoms with van der Waals surface area (Å²) in [4.78, 5) is 0. The van der Waals surface area contributed by atoms with E-state index in [9.17, 15) is 0 Å². The van der Waals surface area contributed by atoms with Gasteiger partial charge in [-0.05, 0) is 86.3 Å². The Kier molecular flexibility index (Phi) is 6.62. The maximum absolute atomic E-state index is 7.11. The van der Waals surface area contributed by atoms with E-state index in [-0.39, 0.29) is 5.84 Å². The van der Waals surface area contributed by atoms with Gasteiger partial charge in [-0.2, -0.15) is 0 Å². The third-order valence-corrected chi connectivity index (χ3v) is 4.03. The fourth-order valence-corrected chi connectivity index (χ4v) is 5.00. The first-order valence-corrected chi connectivity index (χ1v) is 7.84. The molecule has 3 nitrogen and oxygen atoms in total. The van der Waals surface area contributed by atoms with Gasteiger partial charge in [0.05, 0.1) is 19.6 Å². The Labute approximate surface area is 136 Å². The molecule has 0 atom stereocenters. The molecule has 0 spiro atoms. The van der Waals surface area contributed by atoms with Crippen molar-refractivity contribution in [3.8, 4) is 5.75 Å². The molecule has 0 bridgehead atoms. The van der Waals surface area contributed by atoms with Crippen molar-refractivity contribution in [3.05, 3.63) is 22.8 Å². The Morgan fingerprint density at radius 2 is 1.81 bits per heavy atom. The SMILES string of the molecule is N=C(N)CCCOc1c(I)cc(I)cc1I. The van der Waals surface area contributed by atoms with Crippen molar-refractivity contribution in [1.29, 1.82) is 5.41 Å². The molecule has 0 saturated carbocycles. The van der Waals surface area contributed by atoms with E-state index in [0.717, 1.165) is 19.3 Å². The van der Waals surface area contributed by atoms with Crippen LogP contribution in [0.2, 0.25) is 0 Å². The van der Waals surface area contributed by atoms with E-state index in [2.05, 4.69) is 79.9 Å². The number of hydrogen-bond donors (Lipinski definition) is 2. The monoisotopic (exact) mass is 556 g/mol.